The summed E-state index contributed by atoms with van der Waals surface area (Å²) in [5, 5.41) is 7.27. The summed E-state index contributed by atoms with van der Waals surface area (Å²) in [5.74, 6) is 0.882. The van der Waals surface area contributed by atoms with Crippen LogP contribution in [-0.2, 0) is 33.1 Å². The van der Waals surface area contributed by atoms with Crippen LogP contribution in [0.15, 0.2) is 48.8 Å². The molecule has 2 saturated heterocycles. The first-order valence-electron chi connectivity index (χ1n) is 15.8. The van der Waals surface area contributed by atoms with Gasteiger partial charge in [-0.15, -0.1) is 0 Å². The minimum Gasteiger partial charge on any atom is -0.480 e. The number of ether oxygens (including phenoxy) is 2. The predicted molar refractivity (Wildman–Crippen MR) is 191 cm³/mol. The molecule has 2 aliphatic heterocycles. The van der Waals surface area contributed by atoms with Crippen LogP contribution in [0.1, 0.15) is 24.2 Å². The summed E-state index contributed by atoms with van der Waals surface area (Å²) in [6, 6.07) is 10.8. The van der Waals surface area contributed by atoms with Crippen LogP contribution in [-0.4, -0.2) is 87.7 Å². The Morgan fingerprint density at radius 1 is 0.700 bits per heavy atom. The molecule has 266 valence electrons. The number of sulfonamides is 2. The van der Waals surface area contributed by atoms with Crippen molar-refractivity contribution in [3.63, 3.8) is 0 Å². The van der Waals surface area contributed by atoms with Gasteiger partial charge in [-0.05, 0) is 12.8 Å². The van der Waals surface area contributed by atoms with Crippen molar-refractivity contribution in [2.45, 2.75) is 38.0 Å². The number of hydrogen-bond donors (Lipinski definition) is 4. The molecule has 4 heterocycles. The maximum Gasteiger partial charge on any atom is 0.237 e. The summed E-state index contributed by atoms with van der Waals surface area (Å²) in [5.41, 5.74) is 4.73. The summed E-state index contributed by atoms with van der Waals surface area (Å²) >= 11 is 14.0. The minimum absolute atomic E-state index is 0.124. The fourth-order valence-electron chi connectivity index (χ4n) is 5.85. The molecule has 0 saturated carbocycles. The van der Waals surface area contributed by atoms with Gasteiger partial charge in [0.05, 0.1) is 59.6 Å². The Labute approximate surface area is 300 Å². The van der Waals surface area contributed by atoms with Gasteiger partial charge in [-0.3, -0.25) is 9.97 Å². The fourth-order valence-corrected chi connectivity index (χ4v) is 9.35. The molecule has 0 radical (unpaired) electrons. The lowest BCUT2D eigenvalue weighted by Crippen LogP contribution is -2.35. The molecule has 4 aromatic rings. The molecule has 0 aliphatic carbocycles. The number of nitrogens with zero attached hydrogens (tertiary/aromatic N) is 4. The van der Waals surface area contributed by atoms with E-state index >= 15 is 0 Å². The SMILES string of the molecule is COc1nc(-c2cccc(-c3cccc(-c4cnc(CNC[C@@H]5CCS(=O)(=O)N5)c(OC)n4)c3Cl)c2Cl)cnc1CNC[C@@H]1CCS(=O)(=O)N1. The van der Waals surface area contributed by atoms with Crippen LogP contribution >= 0.6 is 23.2 Å². The Balaban J connectivity index is 1.19. The van der Waals surface area contributed by atoms with Crippen molar-refractivity contribution >= 4 is 43.2 Å². The van der Waals surface area contributed by atoms with E-state index in [2.05, 4.69) is 40.0 Å². The number of nitrogens with one attached hydrogen (secondary N) is 4. The van der Waals surface area contributed by atoms with E-state index in [0.717, 1.165) is 0 Å². The molecule has 4 N–H and O–H groups in total. The highest BCUT2D eigenvalue weighted by Crippen LogP contribution is 2.42. The Hall–Kier alpha value is -3.48. The lowest BCUT2D eigenvalue weighted by atomic mass is 9.98. The zero-order valence-electron chi connectivity index (χ0n) is 27.2. The smallest absolute Gasteiger partial charge is 0.237 e. The van der Waals surface area contributed by atoms with Gasteiger partial charge in [0.2, 0.25) is 31.8 Å². The predicted octanol–water partition coefficient (Wildman–Crippen LogP) is 3.15. The molecule has 2 fully saturated rings. The van der Waals surface area contributed by atoms with Crippen LogP contribution in [0.2, 0.25) is 10.0 Å². The third-order valence-corrected chi connectivity index (χ3v) is 12.1. The van der Waals surface area contributed by atoms with Gasteiger partial charge in [-0.2, -0.15) is 0 Å². The summed E-state index contributed by atoms with van der Waals surface area (Å²) in [7, 11) is -3.36. The lowest BCUT2D eigenvalue weighted by molar-refractivity contribution is 0.386. The molecule has 0 unspecified atom stereocenters. The van der Waals surface area contributed by atoms with Crippen molar-refractivity contribution in [1.29, 1.82) is 0 Å². The van der Waals surface area contributed by atoms with Crippen molar-refractivity contribution < 1.29 is 26.3 Å². The van der Waals surface area contributed by atoms with E-state index < -0.39 is 20.0 Å². The van der Waals surface area contributed by atoms with Gasteiger partial charge >= 0.3 is 0 Å². The number of hydrogen-bond acceptors (Lipinski definition) is 12. The molecule has 2 atom stereocenters. The summed E-state index contributed by atoms with van der Waals surface area (Å²) in [6.07, 6.45) is 4.32. The van der Waals surface area contributed by atoms with Crippen molar-refractivity contribution in [2.75, 3.05) is 38.8 Å². The second kappa shape index (κ2) is 15.4. The topological polar surface area (TPSA) is 186 Å². The van der Waals surface area contributed by atoms with Crippen molar-refractivity contribution in [3.05, 3.63) is 70.2 Å². The van der Waals surface area contributed by atoms with E-state index in [0.29, 0.717) is 106 Å². The minimum atomic E-state index is -3.19. The third-order valence-electron chi connectivity index (χ3n) is 8.38. The van der Waals surface area contributed by atoms with Gasteiger partial charge in [0.1, 0.15) is 11.4 Å². The Morgan fingerprint density at radius 3 is 1.46 bits per heavy atom. The van der Waals surface area contributed by atoms with E-state index in [4.69, 9.17) is 32.7 Å². The number of halogens is 2. The molecule has 2 aromatic carbocycles. The molecule has 50 heavy (non-hydrogen) atoms. The molecule has 0 bridgehead atoms. The van der Waals surface area contributed by atoms with Crippen molar-refractivity contribution in [2.24, 2.45) is 0 Å². The Kier molecular flexibility index (Phi) is 11.2. The second-order valence-corrected chi connectivity index (χ2v) is 16.4. The molecular formula is C32H36Cl2N8O6S2. The van der Waals surface area contributed by atoms with Crippen molar-refractivity contribution in [3.8, 4) is 45.4 Å². The van der Waals surface area contributed by atoms with Crippen molar-refractivity contribution in [1.82, 2.24) is 40.0 Å². The fraction of sp³-hybridized carbons (Fsp3) is 0.375. The van der Waals surface area contributed by atoms with Crippen LogP contribution < -0.4 is 29.6 Å². The molecular weight excluding hydrogens is 727 g/mol. The number of methoxy groups -OCH3 is 2. The number of rotatable bonds is 13. The standard InChI is InChI=1S/C32H36Cl2N8O6S2/c1-47-31-27(15-35-13-19-9-11-49(43,44)41-19)37-17-25(39-31)23-7-3-5-21(29(23)33)22-6-4-8-24(30(22)34)26-18-38-28(32(40-26)48-2)16-36-14-20-10-12-50(45,46)42-20/h3-8,17-20,35-36,41-42H,9-16H2,1-2H3/t19-,20-/m0/s1. The van der Waals surface area contributed by atoms with Gasteiger partial charge in [0.25, 0.3) is 0 Å². The molecule has 0 spiro atoms. The van der Waals surface area contributed by atoms with Gasteiger partial charge in [-0.25, -0.2) is 36.2 Å². The molecule has 2 aromatic heterocycles. The van der Waals surface area contributed by atoms with Crippen LogP contribution in [0.5, 0.6) is 11.8 Å². The summed E-state index contributed by atoms with van der Waals surface area (Å²) in [4.78, 5) is 18.5. The maximum atomic E-state index is 11.7. The van der Waals surface area contributed by atoms with E-state index in [-0.39, 0.29) is 23.6 Å². The highest BCUT2D eigenvalue weighted by molar-refractivity contribution is 7.90. The van der Waals surface area contributed by atoms with E-state index in [1.807, 2.05) is 36.4 Å². The molecule has 18 heteroatoms. The zero-order chi connectivity index (χ0) is 35.5. The van der Waals surface area contributed by atoms with E-state index in [1.165, 1.54) is 14.2 Å². The monoisotopic (exact) mass is 762 g/mol. The quantitative estimate of drug-likeness (QED) is 0.156. The van der Waals surface area contributed by atoms with Crippen LogP contribution in [0, 0.1) is 0 Å². The highest BCUT2D eigenvalue weighted by Gasteiger charge is 2.27. The lowest BCUT2D eigenvalue weighted by Gasteiger charge is -2.15. The zero-order valence-corrected chi connectivity index (χ0v) is 30.4. The Morgan fingerprint density at radius 2 is 1.10 bits per heavy atom. The highest BCUT2D eigenvalue weighted by atomic mass is 35.5. The average Bonchev–Trinajstić information content (AvgIpc) is 3.64. The van der Waals surface area contributed by atoms with Gasteiger partial charge in [0, 0.05) is 60.5 Å². The number of benzene rings is 2. The first kappa shape index (κ1) is 36.3. The first-order valence-corrected chi connectivity index (χ1v) is 19.8. The first-order chi connectivity index (χ1) is 24.0. The largest absolute Gasteiger partial charge is 0.480 e. The van der Waals surface area contributed by atoms with E-state index in [1.54, 1.807) is 12.4 Å². The molecule has 0 amide bonds. The van der Waals surface area contributed by atoms with Crippen LogP contribution in [0.4, 0.5) is 0 Å². The summed E-state index contributed by atoms with van der Waals surface area (Å²) in [6.45, 7) is 1.57. The normalized spacial score (nSPS) is 19.4. The van der Waals surface area contributed by atoms with Crippen LogP contribution in [0.3, 0.4) is 0 Å². The van der Waals surface area contributed by atoms with Gasteiger partial charge in [0.15, 0.2) is 0 Å². The van der Waals surface area contributed by atoms with Gasteiger partial charge in [-0.1, -0.05) is 59.6 Å². The summed E-state index contributed by atoms with van der Waals surface area (Å²) < 4.78 is 63.0. The third kappa shape index (κ3) is 8.35. The average molecular weight is 764 g/mol. The molecule has 6 rings (SSSR count). The van der Waals surface area contributed by atoms with Crippen LogP contribution in [0.25, 0.3) is 33.6 Å². The molecule has 2 aliphatic rings. The maximum absolute atomic E-state index is 11.7. The van der Waals surface area contributed by atoms with Gasteiger partial charge < -0.3 is 20.1 Å². The second-order valence-electron chi connectivity index (χ2n) is 11.9. The molecule has 14 nitrogen and oxygen atoms in total. The number of aromatic nitrogens is 4. The van der Waals surface area contributed by atoms with E-state index in [9.17, 15) is 16.8 Å². The Bertz CT molecular complexity index is 1960.